The highest BCUT2D eigenvalue weighted by atomic mass is 32.1. The molecular formula is C24H26FN3O2S. The first-order valence-electron chi connectivity index (χ1n) is 10.3. The maximum Gasteiger partial charge on any atom is 0.303 e. The van der Waals surface area contributed by atoms with E-state index in [0.717, 1.165) is 34.5 Å². The minimum atomic E-state index is -0.808. The summed E-state index contributed by atoms with van der Waals surface area (Å²) in [6, 6.07) is 12.5. The molecule has 3 aromatic rings. The SMILES string of the molecule is C=C(c1ccccc1F)N(CCCC)c1nnc(-c2ccc(CCC(=O)O)cc2C)s1. The van der Waals surface area contributed by atoms with Gasteiger partial charge in [-0.05, 0) is 43.0 Å². The summed E-state index contributed by atoms with van der Waals surface area (Å²) >= 11 is 1.44. The molecule has 5 nitrogen and oxygen atoms in total. The molecule has 0 aliphatic heterocycles. The number of aliphatic carboxylic acids is 1. The number of carboxylic acids is 1. The van der Waals surface area contributed by atoms with Crippen molar-refractivity contribution >= 4 is 28.1 Å². The Labute approximate surface area is 185 Å². The molecule has 162 valence electrons. The number of unbranched alkanes of at least 4 members (excludes halogenated alkanes) is 1. The summed E-state index contributed by atoms with van der Waals surface area (Å²) in [5, 5.41) is 19.1. The Morgan fingerprint density at radius 2 is 2.00 bits per heavy atom. The van der Waals surface area contributed by atoms with Crippen LogP contribution in [0.3, 0.4) is 0 Å². The Morgan fingerprint density at radius 1 is 1.23 bits per heavy atom. The van der Waals surface area contributed by atoms with Crippen LogP contribution in [0.25, 0.3) is 16.3 Å². The molecule has 1 aromatic heterocycles. The number of anilines is 1. The van der Waals surface area contributed by atoms with Crippen LogP contribution in [0.1, 0.15) is 42.9 Å². The number of aromatic nitrogens is 2. The number of hydrogen-bond donors (Lipinski definition) is 1. The monoisotopic (exact) mass is 439 g/mol. The molecule has 2 aromatic carbocycles. The topological polar surface area (TPSA) is 66.3 Å². The van der Waals surface area contributed by atoms with Crippen molar-refractivity contribution in [1.29, 1.82) is 0 Å². The lowest BCUT2D eigenvalue weighted by molar-refractivity contribution is -0.136. The van der Waals surface area contributed by atoms with Crippen LogP contribution in [0.2, 0.25) is 0 Å². The van der Waals surface area contributed by atoms with Crippen molar-refractivity contribution in [2.24, 2.45) is 0 Å². The molecule has 0 unspecified atom stereocenters. The maximum absolute atomic E-state index is 14.4. The molecule has 0 saturated carbocycles. The highest BCUT2D eigenvalue weighted by molar-refractivity contribution is 7.18. The Hall–Kier alpha value is -3.06. The number of halogens is 1. The van der Waals surface area contributed by atoms with Gasteiger partial charge in [0.15, 0.2) is 0 Å². The van der Waals surface area contributed by atoms with Gasteiger partial charge in [0.2, 0.25) is 5.13 Å². The Morgan fingerprint density at radius 3 is 2.68 bits per heavy atom. The number of hydrogen-bond acceptors (Lipinski definition) is 5. The Kier molecular flexibility index (Phi) is 7.52. The molecule has 0 radical (unpaired) electrons. The first-order chi connectivity index (χ1) is 14.9. The van der Waals surface area contributed by atoms with Crippen molar-refractivity contribution < 1.29 is 14.3 Å². The average Bonchev–Trinajstić information content (AvgIpc) is 3.22. The molecule has 1 heterocycles. The predicted molar refractivity (Wildman–Crippen MR) is 124 cm³/mol. The fraction of sp³-hybridized carbons (Fsp3) is 0.292. The molecule has 3 rings (SSSR count). The van der Waals surface area contributed by atoms with E-state index < -0.39 is 5.97 Å². The molecule has 1 N–H and O–H groups in total. The minimum Gasteiger partial charge on any atom is -0.481 e. The van der Waals surface area contributed by atoms with Crippen LogP contribution in [0, 0.1) is 12.7 Å². The van der Waals surface area contributed by atoms with Crippen LogP contribution < -0.4 is 4.90 Å². The number of aryl methyl sites for hydroxylation is 2. The fourth-order valence-electron chi connectivity index (χ4n) is 3.31. The first-order valence-corrected chi connectivity index (χ1v) is 11.1. The van der Waals surface area contributed by atoms with Gasteiger partial charge in [-0.1, -0.05) is 61.6 Å². The molecule has 0 saturated heterocycles. The molecule has 0 aliphatic rings. The number of rotatable bonds is 10. The van der Waals surface area contributed by atoms with E-state index in [-0.39, 0.29) is 12.2 Å². The van der Waals surface area contributed by atoms with Crippen LogP contribution in [-0.2, 0) is 11.2 Å². The van der Waals surface area contributed by atoms with Gasteiger partial charge in [-0.15, -0.1) is 10.2 Å². The molecule has 0 spiro atoms. The average molecular weight is 440 g/mol. The zero-order chi connectivity index (χ0) is 22.4. The highest BCUT2D eigenvalue weighted by Gasteiger charge is 2.20. The summed E-state index contributed by atoms with van der Waals surface area (Å²) in [5.74, 6) is -1.12. The van der Waals surface area contributed by atoms with Gasteiger partial charge in [-0.3, -0.25) is 4.79 Å². The van der Waals surface area contributed by atoms with Crippen molar-refractivity contribution in [3.05, 3.63) is 71.6 Å². The van der Waals surface area contributed by atoms with Gasteiger partial charge < -0.3 is 10.0 Å². The molecule has 7 heteroatoms. The van der Waals surface area contributed by atoms with Crippen molar-refractivity contribution in [3.8, 4) is 10.6 Å². The third-order valence-corrected chi connectivity index (χ3v) is 6.02. The number of carbonyl (C=O) groups is 1. The minimum absolute atomic E-state index is 0.103. The van der Waals surface area contributed by atoms with Gasteiger partial charge in [0, 0.05) is 29.8 Å². The lowest BCUT2D eigenvalue weighted by atomic mass is 10.0. The van der Waals surface area contributed by atoms with Gasteiger partial charge in [-0.25, -0.2) is 4.39 Å². The quantitative estimate of drug-likeness (QED) is 0.423. The summed E-state index contributed by atoms with van der Waals surface area (Å²) in [6.45, 7) is 8.89. The summed E-state index contributed by atoms with van der Waals surface area (Å²) in [6.07, 6.45) is 2.50. The lowest BCUT2D eigenvalue weighted by Crippen LogP contribution is -2.22. The predicted octanol–water partition coefficient (Wildman–Crippen LogP) is 5.95. The summed E-state index contributed by atoms with van der Waals surface area (Å²) in [7, 11) is 0. The molecule has 0 bridgehead atoms. The fourth-order valence-corrected chi connectivity index (χ4v) is 4.30. The van der Waals surface area contributed by atoms with Crippen LogP contribution in [0.15, 0.2) is 49.0 Å². The van der Waals surface area contributed by atoms with E-state index in [0.29, 0.717) is 29.4 Å². The van der Waals surface area contributed by atoms with Crippen LogP contribution in [0.5, 0.6) is 0 Å². The second-order valence-corrected chi connectivity index (χ2v) is 8.32. The van der Waals surface area contributed by atoms with Crippen molar-refractivity contribution in [2.75, 3.05) is 11.4 Å². The van der Waals surface area contributed by atoms with Crippen molar-refractivity contribution in [3.63, 3.8) is 0 Å². The van der Waals surface area contributed by atoms with E-state index in [9.17, 15) is 9.18 Å². The van der Waals surface area contributed by atoms with E-state index in [1.54, 1.807) is 18.2 Å². The van der Waals surface area contributed by atoms with E-state index >= 15 is 0 Å². The third kappa shape index (κ3) is 5.55. The van der Waals surface area contributed by atoms with Crippen molar-refractivity contribution in [1.82, 2.24) is 10.2 Å². The van der Waals surface area contributed by atoms with Gasteiger partial charge >= 0.3 is 5.97 Å². The second kappa shape index (κ2) is 10.3. The number of nitrogens with zero attached hydrogens (tertiary/aromatic N) is 3. The second-order valence-electron chi connectivity index (χ2n) is 7.36. The highest BCUT2D eigenvalue weighted by Crippen LogP contribution is 2.35. The van der Waals surface area contributed by atoms with E-state index in [2.05, 4.69) is 23.7 Å². The van der Waals surface area contributed by atoms with Gasteiger partial charge in [0.25, 0.3) is 0 Å². The van der Waals surface area contributed by atoms with Gasteiger partial charge in [0.05, 0.1) is 0 Å². The number of carboxylic acid groups (broad SMARTS) is 1. The third-order valence-electron chi connectivity index (χ3n) is 5.04. The first kappa shape index (κ1) is 22.6. The molecule has 0 fully saturated rings. The zero-order valence-electron chi connectivity index (χ0n) is 17.8. The van der Waals surface area contributed by atoms with Crippen LogP contribution in [0.4, 0.5) is 9.52 Å². The maximum atomic E-state index is 14.4. The smallest absolute Gasteiger partial charge is 0.303 e. The Balaban J connectivity index is 1.88. The molecule has 0 amide bonds. The Bertz CT molecular complexity index is 1080. The summed E-state index contributed by atoms with van der Waals surface area (Å²) in [5.41, 5.74) is 3.96. The standard InChI is InChI=1S/C24H26FN3O2S/c1-4-5-14-28(17(3)20-8-6-7-9-21(20)25)24-27-26-23(31-24)19-12-10-18(15-16(19)2)11-13-22(29)30/h6-10,12,15H,3-5,11,13-14H2,1-2H3,(H,29,30). The van der Waals surface area contributed by atoms with Crippen LogP contribution >= 0.6 is 11.3 Å². The van der Waals surface area contributed by atoms with Crippen molar-refractivity contribution in [2.45, 2.75) is 39.5 Å². The summed E-state index contributed by atoms with van der Waals surface area (Å²) in [4.78, 5) is 12.7. The largest absolute Gasteiger partial charge is 0.481 e. The molecule has 31 heavy (non-hydrogen) atoms. The lowest BCUT2D eigenvalue weighted by Gasteiger charge is -2.24. The van der Waals surface area contributed by atoms with E-state index in [1.807, 2.05) is 30.0 Å². The molecule has 0 aliphatic carbocycles. The summed E-state index contributed by atoms with van der Waals surface area (Å²) < 4.78 is 14.4. The molecular weight excluding hydrogens is 413 g/mol. The van der Waals surface area contributed by atoms with Gasteiger partial charge in [0.1, 0.15) is 10.8 Å². The van der Waals surface area contributed by atoms with E-state index in [4.69, 9.17) is 5.11 Å². The number of benzene rings is 2. The normalized spacial score (nSPS) is 10.8. The zero-order valence-corrected chi connectivity index (χ0v) is 18.6. The van der Waals surface area contributed by atoms with Crippen LogP contribution in [-0.4, -0.2) is 27.8 Å². The van der Waals surface area contributed by atoms with E-state index in [1.165, 1.54) is 17.4 Å². The molecule has 0 atom stereocenters. The van der Waals surface area contributed by atoms with Gasteiger partial charge in [-0.2, -0.15) is 0 Å².